The van der Waals surface area contributed by atoms with E-state index in [-0.39, 0.29) is 0 Å². The number of allylic oxidation sites excluding steroid dienone is 1. The second-order valence-electron chi connectivity index (χ2n) is 1.24. The van der Waals surface area contributed by atoms with Crippen LogP contribution in [0.1, 0.15) is 0 Å². The monoisotopic (exact) mass is 81.1 g/mol. The van der Waals surface area contributed by atoms with Gasteiger partial charge in [-0.2, -0.15) is 0 Å². The summed E-state index contributed by atoms with van der Waals surface area (Å²) in [5, 5.41) is 3.04. The minimum Gasteiger partial charge on any atom is -0.382 e. The zero-order chi connectivity index (χ0) is 4.41. The second-order valence-corrected chi connectivity index (χ2v) is 1.24. The first-order valence-corrected chi connectivity index (χ1v) is 2.00. The highest BCUT2D eigenvalue weighted by Crippen LogP contribution is 1.95. The molecule has 0 saturated heterocycles. The van der Waals surface area contributed by atoms with Crippen molar-refractivity contribution in [1.82, 2.24) is 5.32 Å². The molecule has 1 rings (SSSR count). The Labute approximate surface area is 37.4 Å². The van der Waals surface area contributed by atoms with Crippen LogP contribution in [-0.2, 0) is 0 Å². The molecule has 6 heavy (non-hydrogen) atoms. The molecule has 1 heterocycles. The molecule has 0 aromatic heterocycles. The summed E-state index contributed by atoms with van der Waals surface area (Å²) in [6, 6.07) is 0. The molecule has 1 N–H and O–H groups in total. The van der Waals surface area contributed by atoms with Gasteiger partial charge in [0.25, 0.3) is 0 Å². The third-order valence-electron chi connectivity index (χ3n) is 0.848. The SMILES string of the molecule is C=CC1=CCN1. The predicted molar refractivity (Wildman–Crippen MR) is 26.3 cm³/mol. The van der Waals surface area contributed by atoms with Crippen LogP contribution in [0.2, 0.25) is 0 Å². The molecule has 1 aliphatic heterocycles. The van der Waals surface area contributed by atoms with Gasteiger partial charge in [0.2, 0.25) is 0 Å². The van der Waals surface area contributed by atoms with Crippen molar-refractivity contribution in [3.05, 3.63) is 24.4 Å². The Bertz CT molecular complexity index is 92.1. The lowest BCUT2D eigenvalue weighted by molar-refractivity contribution is 0.845. The third-order valence-corrected chi connectivity index (χ3v) is 0.848. The highest BCUT2D eigenvalue weighted by molar-refractivity contribution is 5.21. The lowest BCUT2D eigenvalue weighted by Crippen LogP contribution is -2.21. The highest BCUT2D eigenvalue weighted by Gasteiger charge is 1.94. The molecule has 0 amide bonds. The number of hydrogen-bond acceptors (Lipinski definition) is 1. The molecule has 0 aromatic rings. The standard InChI is InChI=1S/C5H7N/c1-2-5-3-4-6-5/h2-3,6H,1,4H2. The fourth-order valence-corrected chi connectivity index (χ4v) is 0.375. The molecule has 0 bridgehead atoms. The number of hydrogen-bond donors (Lipinski definition) is 1. The lowest BCUT2D eigenvalue weighted by atomic mass is 10.3. The summed E-state index contributed by atoms with van der Waals surface area (Å²) in [4.78, 5) is 0. The fourth-order valence-electron chi connectivity index (χ4n) is 0.375. The number of rotatable bonds is 1. The Hall–Kier alpha value is -0.720. The van der Waals surface area contributed by atoms with E-state index in [1.807, 2.05) is 6.08 Å². The van der Waals surface area contributed by atoms with E-state index < -0.39 is 0 Å². The van der Waals surface area contributed by atoms with Crippen molar-refractivity contribution in [2.24, 2.45) is 0 Å². The maximum absolute atomic E-state index is 3.55. The van der Waals surface area contributed by atoms with E-state index >= 15 is 0 Å². The van der Waals surface area contributed by atoms with Gasteiger partial charge in [-0.05, 0) is 12.2 Å². The van der Waals surface area contributed by atoms with Crippen molar-refractivity contribution in [1.29, 1.82) is 0 Å². The smallest absolute Gasteiger partial charge is 0.0353 e. The summed E-state index contributed by atoms with van der Waals surface area (Å²) in [5.74, 6) is 0. The quantitative estimate of drug-likeness (QED) is 0.489. The zero-order valence-electron chi connectivity index (χ0n) is 3.57. The van der Waals surface area contributed by atoms with Gasteiger partial charge in [-0.15, -0.1) is 0 Å². The third kappa shape index (κ3) is 0.322. The topological polar surface area (TPSA) is 12.0 Å². The second kappa shape index (κ2) is 1.17. The zero-order valence-corrected chi connectivity index (χ0v) is 3.57. The van der Waals surface area contributed by atoms with Crippen LogP contribution in [0.25, 0.3) is 0 Å². The van der Waals surface area contributed by atoms with Crippen molar-refractivity contribution in [3.8, 4) is 0 Å². The van der Waals surface area contributed by atoms with Gasteiger partial charge < -0.3 is 5.32 Å². The van der Waals surface area contributed by atoms with E-state index in [1.54, 1.807) is 0 Å². The lowest BCUT2D eigenvalue weighted by Gasteiger charge is -2.11. The molecule has 1 heteroatoms. The molecule has 0 atom stereocenters. The molecular weight excluding hydrogens is 74.1 g/mol. The van der Waals surface area contributed by atoms with E-state index in [9.17, 15) is 0 Å². The van der Waals surface area contributed by atoms with Gasteiger partial charge in [0.15, 0.2) is 0 Å². The average Bonchev–Trinajstić information content (AvgIpc) is 1.31. The molecule has 32 valence electrons. The van der Waals surface area contributed by atoms with Crippen LogP contribution >= 0.6 is 0 Å². The van der Waals surface area contributed by atoms with Gasteiger partial charge in [-0.25, -0.2) is 0 Å². The van der Waals surface area contributed by atoms with Gasteiger partial charge in [-0.1, -0.05) is 6.58 Å². The van der Waals surface area contributed by atoms with Gasteiger partial charge in [0.05, 0.1) is 0 Å². The van der Waals surface area contributed by atoms with Crippen LogP contribution in [-0.4, -0.2) is 6.54 Å². The molecule has 0 saturated carbocycles. The summed E-state index contributed by atoms with van der Waals surface area (Å²) in [5.41, 5.74) is 1.16. The van der Waals surface area contributed by atoms with E-state index in [2.05, 4.69) is 18.0 Å². The van der Waals surface area contributed by atoms with E-state index in [4.69, 9.17) is 0 Å². The molecule has 0 aliphatic carbocycles. The summed E-state index contributed by atoms with van der Waals surface area (Å²) in [6.45, 7) is 4.57. The molecular formula is C5H7N. The van der Waals surface area contributed by atoms with Crippen LogP contribution in [0.3, 0.4) is 0 Å². The molecule has 0 unspecified atom stereocenters. The maximum atomic E-state index is 3.55. The minimum atomic E-state index is 1.02. The van der Waals surface area contributed by atoms with Gasteiger partial charge in [0.1, 0.15) is 0 Å². The highest BCUT2D eigenvalue weighted by atomic mass is 14.9. The van der Waals surface area contributed by atoms with Gasteiger partial charge in [-0.3, -0.25) is 0 Å². The molecule has 0 aromatic carbocycles. The normalized spacial score (nSPS) is 17.0. The summed E-state index contributed by atoms with van der Waals surface area (Å²) < 4.78 is 0. The van der Waals surface area contributed by atoms with Crippen LogP contribution in [0.15, 0.2) is 24.4 Å². The molecule has 0 radical (unpaired) electrons. The average molecular weight is 81.1 g/mol. The Morgan fingerprint density at radius 2 is 2.67 bits per heavy atom. The summed E-state index contributed by atoms with van der Waals surface area (Å²) >= 11 is 0. The van der Waals surface area contributed by atoms with Crippen LogP contribution in [0.5, 0.6) is 0 Å². The molecule has 0 fully saturated rings. The maximum Gasteiger partial charge on any atom is 0.0353 e. The van der Waals surface area contributed by atoms with Crippen molar-refractivity contribution in [2.45, 2.75) is 0 Å². The number of nitrogens with one attached hydrogen (secondary N) is 1. The largest absolute Gasteiger partial charge is 0.382 e. The molecule has 1 nitrogen and oxygen atoms in total. The Kier molecular flexibility index (Phi) is 0.675. The van der Waals surface area contributed by atoms with Crippen LogP contribution in [0.4, 0.5) is 0 Å². The fraction of sp³-hybridized carbons (Fsp3) is 0.200. The Morgan fingerprint density at radius 3 is 2.67 bits per heavy atom. The Morgan fingerprint density at radius 1 is 2.00 bits per heavy atom. The van der Waals surface area contributed by atoms with Gasteiger partial charge >= 0.3 is 0 Å². The first kappa shape index (κ1) is 3.47. The molecule has 1 aliphatic rings. The van der Waals surface area contributed by atoms with Crippen molar-refractivity contribution in [3.63, 3.8) is 0 Å². The van der Waals surface area contributed by atoms with E-state index in [0.29, 0.717) is 0 Å². The predicted octanol–water partition coefficient (Wildman–Crippen LogP) is 0.659. The van der Waals surface area contributed by atoms with Crippen molar-refractivity contribution >= 4 is 0 Å². The minimum absolute atomic E-state index is 1.02. The van der Waals surface area contributed by atoms with E-state index in [0.717, 1.165) is 12.2 Å². The van der Waals surface area contributed by atoms with Crippen molar-refractivity contribution in [2.75, 3.05) is 6.54 Å². The van der Waals surface area contributed by atoms with Crippen LogP contribution < -0.4 is 5.32 Å². The summed E-state index contributed by atoms with van der Waals surface area (Å²) in [7, 11) is 0. The first-order chi connectivity index (χ1) is 2.93. The van der Waals surface area contributed by atoms with Gasteiger partial charge in [0, 0.05) is 12.2 Å². The first-order valence-electron chi connectivity index (χ1n) is 2.00. The van der Waals surface area contributed by atoms with Crippen molar-refractivity contribution < 1.29 is 0 Å². The Balaban J connectivity index is 2.52. The molecule has 0 spiro atoms. The summed E-state index contributed by atoms with van der Waals surface area (Å²) in [6.07, 6.45) is 3.90. The van der Waals surface area contributed by atoms with E-state index in [1.165, 1.54) is 0 Å². The van der Waals surface area contributed by atoms with Crippen LogP contribution in [0, 0.1) is 0 Å².